The highest BCUT2D eigenvalue weighted by Crippen LogP contribution is 2.33. The summed E-state index contributed by atoms with van der Waals surface area (Å²) in [5.74, 6) is 0.709. The predicted octanol–water partition coefficient (Wildman–Crippen LogP) is 5.14. The summed E-state index contributed by atoms with van der Waals surface area (Å²) in [4.78, 5) is 42.8. The molecule has 6 rings (SSSR count). The third-order valence-corrected chi connectivity index (χ3v) is 9.05. The number of piperazine rings is 1. The number of carbonyl (C=O) groups excluding carboxylic acids is 2. The number of carbonyl (C=O) groups is 2. The molecule has 1 aromatic carbocycles. The van der Waals surface area contributed by atoms with Crippen LogP contribution >= 0.6 is 0 Å². The predicted molar refractivity (Wildman–Crippen MR) is 157 cm³/mol. The molecule has 2 fully saturated rings. The Bertz CT molecular complexity index is 1620. The van der Waals surface area contributed by atoms with Crippen molar-refractivity contribution in [2.45, 2.75) is 52.1 Å². The highest BCUT2D eigenvalue weighted by molar-refractivity contribution is 6.27. The number of aryl methyl sites for hydroxylation is 1. The molecule has 2 amide bonds. The molecule has 3 aliphatic rings. The lowest BCUT2D eigenvalue weighted by Crippen LogP contribution is -2.52. The molecular weight excluding hydrogens is 557 g/mol. The molecule has 0 spiro atoms. The lowest BCUT2D eigenvalue weighted by atomic mass is 9.79. The van der Waals surface area contributed by atoms with E-state index in [-0.39, 0.29) is 29.9 Å². The molecule has 1 aliphatic carbocycles. The lowest BCUT2D eigenvalue weighted by Gasteiger charge is -2.38. The molecule has 226 valence electrons. The van der Waals surface area contributed by atoms with Crippen LogP contribution in [0.3, 0.4) is 0 Å². The average Bonchev–Trinajstić information content (AvgIpc) is 3.65. The largest absolute Gasteiger partial charge is 0.433 e. The van der Waals surface area contributed by atoms with Crippen molar-refractivity contribution in [1.82, 2.24) is 24.2 Å². The van der Waals surface area contributed by atoms with E-state index in [4.69, 9.17) is 0 Å². The van der Waals surface area contributed by atoms with Gasteiger partial charge in [0.25, 0.3) is 5.91 Å². The number of imidazole rings is 1. The minimum atomic E-state index is -4.54. The minimum absolute atomic E-state index is 0.0182. The monoisotopic (exact) mass is 592 g/mol. The number of amides is 2. The molecule has 11 heteroatoms. The van der Waals surface area contributed by atoms with Crippen LogP contribution in [0.25, 0.3) is 11.2 Å². The van der Waals surface area contributed by atoms with Crippen LogP contribution in [0.15, 0.2) is 47.9 Å². The van der Waals surface area contributed by atoms with Gasteiger partial charge in [-0.15, -0.1) is 0 Å². The van der Waals surface area contributed by atoms with Gasteiger partial charge in [-0.05, 0) is 42.9 Å². The Morgan fingerprint density at radius 3 is 2.49 bits per heavy atom. The molecular formula is C32H35F3N6O2. The highest BCUT2D eigenvalue weighted by atomic mass is 19.4. The topological polar surface area (TPSA) is 83.2 Å². The average molecular weight is 593 g/mol. The van der Waals surface area contributed by atoms with Crippen molar-refractivity contribution in [3.8, 4) is 0 Å². The van der Waals surface area contributed by atoms with Crippen molar-refractivity contribution >= 4 is 28.7 Å². The van der Waals surface area contributed by atoms with Gasteiger partial charge in [-0.3, -0.25) is 24.0 Å². The van der Waals surface area contributed by atoms with Gasteiger partial charge in [0, 0.05) is 62.0 Å². The summed E-state index contributed by atoms with van der Waals surface area (Å²) in [6.07, 6.45) is 6.27. The second kappa shape index (κ2) is 11.6. The zero-order chi connectivity index (χ0) is 30.3. The molecule has 1 saturated heterocycles. The van der Waals surface area contributed by atoms with E-state index in [1.165, 1.54) is 18.7 Å². The zero-order valence-corrected chi connectivity index (χ0v) is 24.4. The molecule has 43 heavy (non-hydrogen) atoms. The molecule has 0 radical (unpaired) electrons. The number of nitrogens with zero attached hydrogens (tertiary/aromatic N) is 6. The standard InChI is InChI=1S/C32H35F3N6O2/c1-20-5-3-4-6-23(20)30(42)39-13-15-40(16-14-39)31(43)24-8-7-22(17-21(24)2)18-26-29-38-19-27(41(29)12-11-36-26)25-9-10-37-28(25)32(33,34)35/h7-9,11-12,17,19-20,23H,3-6,10,13-16,18H2,1-2H3/t20-,23+/m0/s1. The first-order valence-corrected chi connectivity index (χ1v) is 14.9. The Kier molecular flexibility index (Phi) is 7.83. The molecule has 4 heterocycles. The van der Waals surface area contributed by atoms with E-state index in [1.807, 2.05) is 34.9 Å². The maximum absolute atomic E-state index is 13.5. The number of aromatic nitrogens is 3. The number of fused-ring (bicyclic) bond motifs is 1. The zero-order valence-electron chi connectivity index (χ0n) is 24.4. The van der Waals surface area contributed by atoms with Crippen molar-refractivity contribution in [2.24, 2.45) is 16.8 Å². The maximum Gasteiger partial charge on any atom is 0.433 e. The second-order valence-electron chi connectivity index (χ2n) is 11.8. The van der Waals surface area contributed by atoms with E-state index in [2.05, 4.69) is 21.9 Å². The molecule has 2 aliphatic heterocycles. The van der Waals surface area contributed by atoms with Crippen molar-refractivity contribution in [3.05, 3.63) is 70.9 Å². The summed E-state index contributed by atoms with van der Waals surface area (Å²) in [7, 11) is 0. The molecule has 1 saturated carbocycles. The van der Waals surface area contributed by atoms with E-state index >= 15 is 0 Å². The maximum atomic E-state index is 13.5. The Hall–Kier alpha value is -4.02. The second-order valence-corrected chi connectivity index (χ2v) is 11.8. The third-order valence-electron chi connectivity index (χ3n) is 9.05. The number of hydrogen-bond donors (Lipinski definition) is 0. The third kappa shape index (κ3) is 5.69. The molecule has 0 bridgehead atoms. The van der Waals surface area contributed by atoms with Gasteiger partial charge in [0.05, 0.1) is 24.1 Å². The number of halogens is 3. The van der Waals surface area contributed by atoms with Crippen molar-refractivity contribution < 1.29 is 22.8 Å². The Labute approximate surface area is 248 Å². The van der Waals surface area contributed by atoms with Gasteiger partial charge in [-0.2, -0.15) is 13.2 Å². The number of benzene rings is 1. The number of hydrogen-bond acceptors (Lipinski definition) is 5. The van der Waals surface area contributed by atoms with Gasteiger partial charge in [-0.1, -0.05) is 38.0 Å². The van der Waals surface area contributed by atoms with Gasteiger partial charge in [0.15, 0.2) is 5.65 Å². The molecule has 3 aromatic rings. The van der Waals surface area contributed by atoms with Gasteiger partial charge in [-0.25, -0.2) is 4.98 Å². The van der Waals surface area contributed by atoms with Gasteiger partial charge >= 0.3 is 6.18 Å². The summed E-state index contributed by atoms with van der Waals surface area (Å²) < 4.78 is 42.1. The van der Waals surface area contributed by atoms with Crippen molar-refractivity contribution in [2.75, 3.05) is 32.7 Å². The molecule has 2 atom stereocenters. The fraction of sp³-hybridized carbons (Fsp3) is 0.469. The minimum Gasteiger partial charge on any atom is -0.339 e. The Balaban J connectivity index is 1.13. The van der Waals surface area contributed by atoms with Crippen LogP contribution in [0.2, 0.25) is 0 Å². The SMILES string of the molecule is Cc1cc(Cc2nccn3c(C4=CCN=C4C(F)(F)F)cnc23)ccc1C(=O)N1CCN(C(=O)[C@@H]2CCCC[C@@H]2C)CC1. The van der Waals surface area contributed by atoms with E-state index in [0.717, 1.165) is 30.4 Å². The fourth-order valence-electron chi connectivity index (χ4n) is 6.66. The van der Waals surface area contributed by atoms with Crippen LogP contribution in [-0.2, 0) is 11.2 Å². The van der Waals surface area contributed by atoms with E-state index in [0.29, 0.717) is 61.1 Å². The van der Waals surface area contributed by atoms with E-state index in [1.54, 1.807) is 16.8 Å². The summed E-state index contributed by atoms with van der Waals surface area (Å²) in [5.41, 5.74) is 2.89. The van der Waals surface area contributed by atoms with Crippen molar-refractivity contribution in [3.63, 3.8) is 0 Å². The highest BCUT2D eigenvalue weighted by Gasteiger charge is 2.40. The van der Waals surface area contributed by atoms with Crippen molar-refractivity contribution in [1.29, 1.82) is 0 Å². The summed E-state index contributed by atoms with van der Waals surface area (Å²) in [6.45, 7) is 6.19. The molecule has 0 unspecified atom stereocenters. The number of rotatable bonds is 5. The number of allylic oxidation sites excluding steroid dienone is 1. The number of alkyl halides is 3. The summed E-state index contributed by atoms with van der Waals surface area (Å²) >= 11 is 0. The quantitative estimate of drug-likeness (QED) is 0.411. The normalized spacial score (nSPS) is 21.2. The summed E-state index contributed by atoms with van der Waals surface area (Å²) in [6, 6.07) is 5.65. The van der Waals surface area contributed by atoms with Crippen LogP contribution in [0.5, 0.6) is 0 Å². The van der Waals surface area contributed by atoms with Gasteiger partial charge in [0.2, 0.25) is 5.91 Å². The van der Waals surface area contributed by atoms with Gasteiger partial charge < -0.3 is 9.80 Å². The van der Waals surface area contributed by atoms with E-state index in [9.17, 15) is 22.8 Å². The smallest absolute Gasteiger partial charge is 0.339 e. The van der Waals surface area contributed by atoms with Crippen LogP contribution in [-0.4, -0.2) is 80.6 Å². The Morgan fingerprint density at radius 2 is 1.77 bits per heavy atom. The molecule has 0 N–H and O–H groups in total. The number of aliphatic imine (C=N–C) groups is 1. The molecule has 2 aromatic heterocycles. The van der Waals surface area contributed by atoms with Crippen LogP contribution in [0.4, 0.5) is 13.2 Å². The molecule has 8 nitrogen and oxygen atoms in total. The Morgan fingerprint density at radius 1 is 1.02 bits per heavy atom. The van der Waals surface area contributed by atoms with Crippen LogP contribution < -0.4 is 0 Å². The summed E-state index contributed by atoms with van der Waals surface area (Å²) in [5, 5.41) is 0. The fourth-order valence-corrected chi connectivity index (χ4v) is 6.66. The van der Waals surface area contributed by atoms with E-state index < -0.39 is 11.9 Å². The first-order valence-electron chi connectivity index (χ1n) is 14.9. The first kappa shape index (κ1) is 29.1. The van der Waals surface area contributed by atoms with Crippen LogP contribution in [0.1, 0.15) is 65.5 Å². The van der Waals surface area contributed by atoms with Crippen LogP contribution in [0, 0.1) is 18.8 Å². The lowest BCUT2D eigenvalue weighted by molar-refractivity contribution is -0.139. The first-order chi connectivity index (χ1) is 20.6. The van der Waals surface area contributed by atoms with Gasteiger partial charge in [0.1, 0.15) is 5.71 Å².